The van der Waals surface area contributed by atoms with Crippen molar-refractivity contribution < 1.29 is 19.0 Å². The molecule has 29 heavy (non-hydrogen) atoms. The lowest BCUT2D eigenvalue weighted by molar-refractivity contribution is -0.188. The van der Waals surface area contributed by atoms with Gasteiger partial charge < -0.3 is 24.5 Å². The molecule has 2 aromatic rings. The second-order valence-corrected chi connectivity index (χ2v) is 7.60. The van der Waals surface area contributed by atoms with Crippen molar-refractivity contribution in [1.82, 2.24) is 9.55 Å². The fourth-order valence-corrected chi connectivity index (χ4v) is 3.33. The molecule has 7 nitrogen and oxygen atoms in total. The molecule has 1 aliphatic rings. The highest BCUT2D eigenvalue weighted by molar-refractivity contribution is 9.10. The van der Waals surface area contributed by atoms with E-state index in [0.717, 1.165) is 29.3 Å². The van der Waals surface area contributed by atoms with Gasteiger partial charge in [0.2, 0.25) is 0 Å². The minimum absolute atomic E-state index is 0.00880. The molecule has 1 aromatic heterocycles. The highest BCUT2D eigenvalue weighted by atomic mass is 79.9. The van der Waals surface area contributed by atoms with E-state index in [1.54, 1.807) is 12.4 Å². The molecule has 0 aliphatic carbocycles. The number of nitrogens with two attached hydrogens (primary N) is 1. The number of hydrogen-bond acceptors (Lipinski definition) is 5. The second kappa shape index (κ2) is 10.4. The van der Waals surface area contributed by atoms with Gasteiger partial charge in [-0.15, -0.1) is 0 Å². The molecule has 154 valence electrons. The van der Waals surface area contributed by atoms with Crippen molar-refractivity contribution in [3.05, 3.63) is 52.5 Å². The van der Waals surface area contributed by atoms with Gasteiger partial charge in [-0.25, -0.2) is 9.78 Å². The highest BCUT2D eigenvalue weighted by Gasteiger charge is 2.23. The Balaban J connectivity index is 1.79. The SMILES string of the molecule is CC(OC1CCCCO1)c1nccn1C(C#Cc1ccc(Br)cc1)COC(N)=O. The van der Waals surface area contributed by atoms with Crippen LogP contribution in [0.4, 0.5) is 4.79 Å². The number of amides is 1. The number of hydrogen-bond donors (Lipinski definition) is 1. The van der Waals surface area contributed by atoms with Crippen molar-refractivity contribution >= 4 is 22.0 Å². The van der Waals surface area contributed by atoms with Crippen molar-refractivity contribution in [1.29, 1.82) is 0 Å². The molecule has 0 saturated carbocycles. The lowest BCUT2D eigenvalue weighted by Gasteiger charge is -2.26. The van der Waals surface area contributed by atoms with Crippen LogP contribution in [0.3, 0.4) is 0 Å². The number of carbonyl (C=O) groups is 1. The van der Waals surface area contributed by atoms with Gasteiger partial charge in [-0.05, 0) is 50.5 Å². The van der Waals surface area contributed by atoms with Crippen LogP contribution >= 0.6 is 15.9 Å². The average Bonchev–Trinajstić information content (AvgIpc) is 3.20. The summed E-state index contributed by atoms with van der Waals surface area (Å²) in [5.41, 5.74) is 6.01. The maximum absolute atomic E-state index is 11.1. The summed E-state index contributed by atoms with van der Waals surface area (Å²) in [7, 11) is 0. The number of imidazole rings is 1. The first kappa shape index (κ1) is 21.4. The zero-order chi connectivity index (χ0) is 20.6. The molecule has 1 aliphatic heterocycles. The second-order valence-electron chi connectivity index (χ2n) is 6.69. The van der Waals surface area contributed by atoms with Crippen LogP contribution in [-0.4, -0.2) is 35.1 Å². The standard InChI is InChI=1S/C21H24BrN3O4/c1-15(29-19-4-2-3-13-27-19)20-24-11-12-25(20)18(14-28-21(23)26)10-7-16-5-8-17(22)9-6-16/h5-6,8-9,11-12,15,18-19H,2-4,13-14H2,1H3,(H2,23,26). The van der Waals surface area contributed by atoms with E-state index in [1.807, 2.05) is 35.8 Å². The van der Waals surface area contributed by atoms with E-state index in [9.17, 15) is 4.79 Å². The molecule has 0 radical (unpaired) electrons. The quantitative estimate of drug-likeness (QED) is 0.658. The summed E-state index contributed by atoms with van der Waals surface area (Å²) >= 11 is 3.41. The first-order chi connectivity index (χ1) is 14.0. The van der Waals surface area contributed by atoms with Gasteiger partial charge in [-0.1, -0.05) is 27.8 Å². The van der Waals surface area contributed by atoms with Crippen LogP contribution in [0.2, 0.25) is 0 Å². The first-order valence-corrected chi connectivity index (χ1v) is 10.3. The van der Waals surface area contributed by atoms with Gasteiger partial charge in [0.1, 0.15) is 24.6 Å². The lowest BCUT2D eigenvalue weighted by atomic mass is 10.2. The molecule has 2 N–H and O–H groups in total. The Kier molecular flexibility index (Phi) is 7.69. The van der Waals surface area contributed by atoms with Crippen LogP contribution in [0.25, 0.3) is 0 Å². The summed E-state index contributed by atoms with van der Waals surface area (Å²) in [5.74, 6) is 6.95. The summed E-state index contributed by atoms with van der Waals surface area (Å²) in [4.78, 5) is 15.6. The van der Waals surface area contributed by atoms with Crippen LogP contribution in [0, 0.1) is 11.8 Å². The molecule has 8 heteroatoms. The number of ether oxygens (including phenoxy) is 3. The average molecular weight is 462 g/mol. The smallest absolute Gasteiger partial charge is 0.404 e. The molecule has 3 atom stereocenters. The molecule has 1 fully saturated rings. The minimum atomic E-state index is -0.845. The van der Waals surface area contributed by atoms with E-state index in [4.69, 9.17) is 19.9 Å². The van der Waals surface area contributed by atoms with Gasteiger partial charge in [0.15, 0.2) is 6.29 Å². The van der Waals surface area contributed by atoms with Gasteiger partial charge in [0.25, 0.3) is 0 Å². The molecule has 3 rings (SSSR count). The topological polar surface area (TPSA) is 88.6 Å². The lowest BCUT2D eigenvalue weighted by Crippen LogP contribution is -2.26. The van der Waals surface area contributed by atoms with Gasteiger partial charge in [0.05, 0.1) is 0 Å². The largest absolute Gasteiger partial charge is 0.446 e. The van der Waals surface area contributed by atoms with Crippen LogP contribution in [0.1, 0.15) is 49.7 Å². The predicted octanol–water partition coefficient (Wildman–Crippen LogP) is 3.94. The minimum Gasteiger partial charge on any atom is -0.446 e. The van der Waals surface area contributed by atoms with E-state index in [1.165, 1.54) is 0 Å². The number of carbonyl (C=O) groups excluding carboxylic acids is 1. The summed E-state index contributed by atoms with van der Waals surface area (Å²) in [6, 6.07) is 7.19. The zero-order valence-electron chi connectivity index (χ0n) is 16.2. The van der Waals surface area contributed by atoms with Crippen LogP contribution in [0.15, 0.2) is 41.1 Å². The van der Waals surface area contributed by atoms with E-state index in [2.05, 4.69) is 32.8 Å². The van der Waals surface area contributed by atoms with Crippen LogP contribution in [-0.2, 0) is 14.2 Å². The Bertz CT molecular complexity index is 866. The molecular weight excluding hydrogens is 438 g/mol. The van der Waals surface area contributed by atoms with E-state index in [-0.39, 0.29) is 19.0 Å². The normalized spacial score (nSPS) is 18.3. The Morgan fingerprint density at radius 3 is 2.90 bits per heavy atom. The Hall–Kier alpha value is -2.34. The van der Waals surface area contributed by atoms with Gasteiger partial charge in [-0.2, -0.15) is 0 Å². The fourth-order valence-electron chi connectivity index (χ4n) is 3.06. The van der Waals surface area contributed by atoms with Crippen molar-refractivity contribution in [3.63, 3.8) is 0 Å². The van der Waals surface area contributed by atoms with Gasteiger partial charge >= 0.3 is 6.09 Å². The molecule has 0 spiro atoms. The predicted molar refractivity (Wildman–Crippen MR) is 111 cm³/mol. The molecule has 2 heterocycles. The Morgan fingerprint density at radius 1 is 1.41 bits per heavy atom. The number of rotatable bonds is 6. The third-order valence-corrected chi connectivity index (χ3v) is 5.03. The number of aromatic nitrogens is 2. The molecule has 3 unspecified atom stereocenters. The highest BCUT2D eigenvalue weighted by Crippen LogP contribution is 2.24. The van der Waals surface area contributed by atoms with E-state index >= 15 is 0 Å². The summed E-state index contributed by atoms with van der Waals surface area (Å²) < 4.78 is 19.6. The number of primary amides is 1. The number of nitrogens with zero attached hydrogens (tertiary/aromatic N) is 2. The van der Waals surface area contributed by atoms with E-state index < -0.39 is 12.1 Å². The van der Waals surface area contributed by atoms with Crippen molar-refractivity contribution in [2.75, 3.05) is 13.2 Å². The summed E-state index contributed by atoms with van der Waals surface area (Å²) in [5, 5.41) is 0. The van der Waals surface area contributed by atoms with Gasteiger partial charge in [-0.3, -0.25) is 0 Å². The zero-order valence-corrected chi connectivity index (χ0v) is 17.8. The van der Waals surface area contributed by atoms with Crippen LogP contribution < -0.4 is 5.73 Å². The molecule has 1 amide bonds. The maximum Gasteiger partial charge on any atom is 0.404 e. The third kappa shape index (κ3) is 6.32. The fraction of sp³-hybridized carbons (Fsp3) is 0.429. The number of halogens is 1. The van der Waals surface area contributed by atoms with Crippen molar-refractivity contribution in [2.45, 2.75) is 44.6 Å². The first-order valence-electron chi connectivity index (χ1n) is 9.52. The van der Waals surface area contributed by atoms with Crippen LogP contribution in [0.5, 0.6) is 0 Å². The Morgan fingerprint density at radius 2 is 2.21 bits per heavy atom. The summed E-state index contributed by atoms with van der Waals surface area (Å²) in [6.07, 6.45) is 5.08. The summed E-state index contributed by atoms with van der Waals surface area (Å²) in [6.45, 7) is 2.64. The molecule has 0 bridgehead atoms. The van der Waals surface area contributed by atoms with E-state index in [0.29, 0.717) is 12.4 Å². The molecular formula is C21H24BrN3O4. The molecule has 1 aromatic carbocycles. The molecule has 1 saturated heterocycles. The monoisotopic (exact) mass is 461 g/mol. The number of benzene rings is 1. The Labute approximate surface area is 178 Å². The maximum atomic E-state index is 11.1. The van der Waals surface area contributed by atoms with Crippen molar-refractivity contribution in [3.8, 4) is 11.8 Å². The third-order valence-electron chi connectivity index (χ3n) is 4.50. The van der Waals surface area contributed by atoms with Crippen molar-refractivity contribution in [2.24, 2.45) is 5.73 Å². The van der Waals surface area contributed by atoms with Gasteiger partial charge in [0, 0.05) is 29.0 Å².